The summed E-state index contributed by atoms with van der Waals surface area (Å²) in [5.74, 6) is 0.984. The summed E-state index contributed by atoms with van der Waals surface area (Å²) in [5.41, 5.74) is 1.14. The van der Waals surface area contributed by atoms with Gasteiger partial charge in [0.2, 0.25) is 5.91 Å². The van der Waals surface area contributed by atoms with Gasteiger partial charge in [-0.2, -0.15) is 0 Å². The van der Waals surface area contributed by atoms with Gasteiger partial charge in [-0.05, 0) is 24.4 Å². The third-order valence-corrected chi connectivity index (χ3v) is 3.57. The van der Waals surface area contributed by atoms with Crippen LogP contribution in [0, 0.1) is 5.92 Å². The molecule has 1 fully saturated rings. The quantitative estimate of drug-likeness (QED) is 0.723. The second-order valence-corrected chi connectivity index (χ2v) is 5.02. The van der Waals surface area contributed by atoms with Crippen LogP contribution in [0.25, 0.3) is 0 Å². The molecule has 0 heterocycles. The highest BCUT2D eigenvalue weighted by atomic mass is 16.1. The molecule has 0 aromatic heterocycles. The van der Waals surface area contributed by atoms with Gasteiger partial charge in [0.1, 0.15) is 0 Å². The van der Waals surface area contributed by atoms with Crippen molar-refractivity contribution in [1.29, 1.82) is 0 Å². The van der Waals surface area contributed by atoms with Crippen LogP contribution in [-0.2, 0) is 11.3 Å². The number of carbonyl (C=O) groups is 1. The van der Waals surface area contributed by atoms with Gasteiger partial charge in [-0.15, -0.1) is 0 Å². The van der Waals surface area contributed by atoms with Crippen molar-refractivity contribution in [3.63, 3.8) is 0 Å². The van der Waals surface area contributed by atoms with Crippen LogP contribution in [0.2, 0.25) is 0 Å². The second-order valence-electron chi connectivity index (χ2n) is 5.02. The molecule has 0 saturated heterocycles. The number of rotatable bonds is 7. The van der Waals surface area contributed by atoms with Crippen molar-refractivity contribution in [2.75, 3.05) is 13.1 Å². The van der Waals surface area contributed by atoms with Crippen molar-refractivity contribution in [2.24, 2.45) is 5.92 Å². The van der Waals surface area contributed by atoms with E-state index in [1.165, 1.54) is 25.7 Å². The molecule has 3 nitrogen and oxygen atoms in total. The van der Waals surface area contributed by atoms with Crippen LogP contribution in [0.3, 0.4) is 0 Å². The number of hydrogen-bond acceptors (Lipinski definition) is 2. The van der Waals surface area contributed by atoms with Crippen molar-refractivity contribution >= 4 is 5.91 Å². The maximum atomic E-state index is 11.6. The van der Waals surface area contributed by atoms with Gasteiger partial charge in [0.25, 0.3) is 0 Å². The zero-order valence-electron chi connectivity index (χ0n) is 10.8. The fraction of sp³-hybridized carbons (Fsp3) is 0.533. The highest BCUT2D eigenvalue weighted by Crippen LogP contribution is 2.28. The fourth-order valence-electron chi connectivity index (χ4n) is 2.15. The average Bonchev–Trinajstić information content (AvgIpc) is 2.35. The molecular weight excluding hydrogens is 224 g/mol. The van der Waals surface area contributed by atoms with Crippen LogP contribution in [0.15, 0.2) is 30.3 Å². The Morgan fingerprint density at radius 3 is 2.67 bits per heavy atom. The molecular formula is C15H22N2O. The maximum Gasteiger partial charge on any atom is 0.234 e. The van der Waals surface area contributed by atoms with Gasteiger partial charge in [0.15, 0.2) is 0 Å². The summed E-state index contributed by atoms with van der Waals surface area (Å²) in [6.07, 6.45) is 5.36. The van der Waals surface area contributed by atoms with Gasteiger partial charge in [0.05, 0.1) is 6.54 Å². The highest BCUT2D eigenvalue weighted by molar-refractivity contribution is 5.77. The van der Waals surface area contributed by atoms with Crippen LogP contribution in [0.4, 0.5) is 0 Å². The zero-order chi connectivity index (χ0) is 12.6. The predicted molar refractivity (Wildman–Crippen MR) is 73.1 cm³/mol. The van der Waals surface area contributed by atoms with Crippen molar-refractivity contribution in [3.05, 3.63) is 35.9 Å². The summed E-state index contributed by atoms with van der Waals surface area (Å²) in [5, 5.41) is 6.12. The number of nitrogens with one attached hydrogen (secondary N) is 2. The van der Waals surface area contributed by atoms with Gasteiger partial charge in [-0.1, -0.05) is 49.6 Å². The molecule has 0 spiro atoms. The van der Waals surface area contributed by atoms with Crippen LogP contribution >= 0.6 is 0 Å². The third kappa shape index (κ3) is 4.49. The lowest BCUT2D eigenvalue weighted by Crippen LogP contribution is -2.34. The number of carbonyl (C=O) groups excluding carboxylic acids is 1. The third-order valence-electron chi connectivity index (χ3n) is 3.57. The molecule has 1 amide bonds. The zero-order valence-corrected chi connectivity index (χ0v) is 10.8. The average molecular weight is 246 g/mol. The summed E-state index contributed by atoms with van der Waals surface area (Å²) in [6, 6.07) is 9.98. The lowest BCUT2D eigenvalue weighted by Gasteiger charge is -2.25. The smallest absolute Gasteiger partial charge is 0.234 e. The Morgan fingerprint density at radius 1 is 1.22 bits per heavy atom. The van der Waals surface area contributed by atoms with E-state index in [9.17, 15) is 4.79 Å². The minimum Gasteiger partial charge on any atom is -0.351 e. The SMILES string of the molecule is O=C(CNCCC1CCC1)NCc1ccccc1. The largest absolute Gasteiger partial charge is 0.351 e. The van der Waals surface area contributed by atoms with E-state index in [2.05, 4.69) is 10.6 Å². The lowest BCUT2D eigenvalue weighted by atomic mass is 9.83. The summed E-state index contributed by atoms with van der Waals surface area (Å²) >= 11 is 0. The van der Waals surface area contributed by atoms with Crippen molar-refractivity contribution in [3.8, 4) is 0 Å². The Bertz CT molecular complexity index is 360. The van der Waals surface area contributed by atoms with Gasteiger partial charge >= 0.3 is 0 Å². The number of hydrogen-bond donors (Lipinski definition) is 2. The Morgan fingerprint density at radius 2 is 2.00 bits per heavy atom. The summed E-state index contributed by atoms with van der Waals surface area (Å²) in [6.45, 7) is 2.01. The minimum atomic E-state index is 0.0764. The lowest BCUT2D eigenvalue weighted by molar-refractivity contribution is -0.120. The summed E-state index contributed by atoms with van der Waals surface area (Å²) in [4.78, 5) is 11.6. The van der Waals surface area contributed by atoms with Crippen molar-refractivity contribution < 1.29 is 4.79 Å². The van der Waals surface area contributed by atoms with Crippen LogP contribution in [-0.4, -0.2) is 19.0 Å². The van der Waals surface area contributed by atoms with Crippen molar-refractivity contribution in [2.45, 2.75) is 32.2 Å². The number of amides is 1. The molecule has 0 radical (unpaired) electrons. The number of benzene rings is 1. The Labute approximate surface area is 109 Å². The molecule has 1 aliphatic carbocycles. The van der Waals surface area contributed by atoms with Crippen LogP contribution in [0.1, 0.15) is 31.2 Å². The highest BCUT2D eigenvalue weighted by Gasteiger charge is 2.16. The van der Waals surface area contributed by atoms with Crippen LogP contribution < -0.4 is 10.6 Å². The molecule has 0 atom stereocenters. The standard InChI is InChI=1S/C15H22N2O/c18-15(12-16-10-9-13-7-4-8-13)17-11-14-5-2-1-3-6-14/h1-3,5-6,13,16H,4,7-12H2,(H,17,18). The van der Waals surface area contributed by atoms with E-state index < -0.39 is 0 Å². The molecule has 0 bridgehead atoms. The van der Waals surface area contributed by atoms with E-state index in [4.69, 9.17) is 0 Å². The molecule has 3 heteroatoms. The summed E-state index contributed by atoms with van der Waals surface area (Å²) < 4.78 is 0. The molecule has 2 N–H and O–H groups in total. The van der Waals surface area contributed by atoms with Gasteiger partial charge in [-0.3, -0.25) is 4.79 Å². The van der Waals surface area contributed by atoms with E-state index in [1.807, 2.05) is 30.3 Å². The Kier molecular flexibility index (Phi) is 5.21. The first-order chi connectivity index (χ1) is 8.84. The Balaban J connectivity index is 1.52. The molecule has 0 aliphatic heterocycles. The molecule has 2 rings (SSSR count). The fourth-order valence-corrected chi connectivity index (χ4v) is 2.15. The molecule has 1 aromatic carbocycles. The predicted octanol–water partition coefficient (Wildman–Crippen LogP) is 2.08. The monoisotopic (exact) mass is 246 g/mol. The van der Waals surface area contributed by atoms with E-state index >= 15 is 0 Å². The molecule has 0 unspecified atom stereocenters. The second kappa shape index (κ2) is 7.17. The summed E-state index contributed by atoms with van der Waals surface area (Å²) in [7, 11) is 0. The van der Waals surface area contributed by atoms with E-state index in [0.29, 0.717) is 13.1 Å². The van der Waals surface area contributed by atoms with Gasteiger partial charge < -0.3 is 10.6 Å². The van der Waals surface area contributed by atoms with E-state index in [0.717, 1.165) is 18.0 Å². The normalized spacial score (nSPS) is 15.1. The minimum absolute atomic E-state index is 0.0764. The first-order valence-electron chi connectivity index (χ1n) is 6.86. The maximum absolute atomic E-state index is 11.6. The van der Waals surface area contributed by atoms with E-state index in [-0.39, 0.29) is 5.91 Å². The van der Waals surface area contributed by atoms with Gasteiger partial charge in [-0.25, -0.2) is 0 Å². The first-order valence-corrected chi connectivity index (χ1v) is 6.86. The van der Waals surface area contributed by atoms with Gasteiger partial charge in [0, 0.05) is 6.54 Å². The molecule has 1 aliphatic rings. The molecule has 1 saturated carbocycles. The molecule has 98 valence electrons. The van der Waals surface area contributed by atoms with Crippen molar-refractivity contribution in [1.82, 2.24) is 10.6 Å². The first kappa shape index (κ1) is 13.1. The topological polar surface area (TPSA) is 41.1 Å². The molecule has 18 heavy (non-hydrogen) atoms. The van der Waals surface area contributed by atoms with Crippen LogP contribution in [0.5, 0.6) is 0 Å². The van der Waals surface area contributed by atoms with E-state index in [1.54, 1.807) is 0 Å². The Hall–Kier alpha value is -1.35. The molecule has 1 aromatic rings.